The van der Waals surface area contributed by atoms with Crippen LogP contribution >= 0.6 is 0 Å². The molecule has 7 nitrogen and oxygen atoms in total. The number of carbonyl (C=O) groups is 1. The van der Waals surface area contributed by atoms with Gasteiger partial charge in [-0.2, -0.15) is 5.26 Å². The van der Waals surface area contributed by atoms with E-state index in [1.165, 1.54) is 11.6 Å². The van der Waals surface area contributed by atoms with Crippen molar-refractivity contribution >= 4 is 5.91 Å². The fraction of sp³-hybridized carbons (Fsp3) is 0.481. The molecule has 0 aromatic heterocycles. The molecule has 0 saturated carbocycles. The molecule has 1 unspecified atom stereocenters. The number of ether oxygens (including phenoxy) is 1. The van der Waals surface area contributed by atoms with E-state index in [1.807, 2.05) is 18.2 Å². The molecule has 0 aliphatic carbocycles. The first kappa shape index (κ1) is 25.3. The minimum Gasteiger partial charge on any atom is -0.367 e. The standard InChI is InChI=1S/C27H34FN5O2/c1-32-10-12-33(13-11-32)18-20-3-5-21(6-4-20)22-7-8-23(25(28)16-22)15-24(17-29)27(26(30)34)19-31-9-2-14-35-27/h3-8,16,24,31H,2,9-15,18-19H2,1H3,(H2,30,34)/t24-,27?/m0/s1. The maximum atomic E-state index is 15.1. The molecule has 4 rings (SSSR count). The minimum atomic E-state index is -1.48. The van der Waals surface area contributed by atoms with E-state index in [9.17, 15) is 10.1 Å². The van der Waals surface area contributed by atoms with Crippen LogP contribution in [0.4, 0.5) is 4.39 Å². The molecule has 8 heteroatoms. The molecule has 2 fully saturated rings. The second-order valence-electron chi connectivity index (χ2n) is 9.60. The Labute approximate surface area is 206 Å². The number of nitrogens with two attached hydrogens (primary N) is 1. The van der Waals surface area contributed by atoms with Gasteiger partial charge in [-0.25, -0.2) is 4.39 Å². The lowest BCUT2D eigenvalue weighted by atomic mass is 9.82. The van der Waals surface area contributed by atoms with Crippen LogP contribution < -0.4 is 11.1 Å². The summed E-state index contributed by atoms with van der Waals surface area (Å²) in [6.07, 6.45) is 0.752. The van der Waals surface area contributed by atoms with Crippen LogP contribution in [-0.2, 0) is 22.5 Å². The number of hydrogen-bond donors (Lipinski definition) is 2. The summed E-state index contributed by atoms with van der Waals surface area (Å²) in [5.74, 6) is -2.02. The molecule has 2 saturated heterocycles. The summed E-state index contributed by atoms with van der Waals surface area (Å²) in [5.41, 5.74) is 7.48. The average molecular weight is 480 g/mol. The fourth-order valence-electron chi connectivity index (χ4n) is 4.82. The maximum absolute atomic E-state index is 15.1. The molecule has 0 bridgehead atoms. The quantitative estimate of drug-likeness (QED) is 0.632. The third-order valence-electron chi connectivity index (χ3n) is 7.15. The summed E-state index contributed by atoms with van der Waals surface area (Å²) in [7, 11) is 2.15. The molecule has 3 N–H and O–H groups in total. The Morgan fingerprint density at radius 2 is 1.91 bits per heavy atom. The summed E-state index contributed by atoms with van der Waals surface area (Å²) in [6.45, 7) is 6.33. The zero-order valence-corrected chi connectivity index (χ0v) is 20.3. The maximum Gasteiger partial charge on any atom is 0.252 e. The predicted octanol–water partition coefficient (Wildman–Crippen LogP) is 2.16. The first-order chi connectivity index (χ1) is 16.9. The topological polar surface area (TPSA) is 94.6 Å². The Balaban J connectivity index is 1.46. The van der Waals surface area contributed by atoms with Crippen molar-refractivity contribution in [2.24, 2.45) is 11.7 Å². The summed E-state index contributed by atoms with van der Waals surface area (Å²) in [4.78, 5) is 17.1. The van der Waals surface area contributed by atoms with Gasteiger partial charge in [0.15, 0.2) is 5.60 Å². The number of nitrogens with one attached hydrogen (secondary N) is 1. The Morgan fingerprint density at radius 3 is 2.57 bits per heavy atom. The van der Waals surface area contributed by atoms with Gasteiger partial charge < -0.3 is 20.7 Å². The van der Waals surface area contributed by atoms with E-state index in [0.717, 1.165) is 43.9 Å². The van der Waals surface area contributed by atoms with Crippen LogP contribution in [0.2, 0.25) is 0 Å². The highest BCUT2D eigenvalue weighted by Crippen LogP contribution is 2.30. The van der Waals surface area contributed by atoms with E-state index in [-0.39, 0.29) is 13.0 Å². The largest absolute Gasteiger partial charge is 0.367 e. The fourth-order valence-corrected chi connectivity index (χ4v) is 4.82. The molecule has 0 radical (unpaired) electrons. The smallest absolute Gasteiger partial charge is 0.252 e. The number of amides is 1. The number of halogens is 1. The monoisotopic (exact) mass is 479 g/mol. The van der Waals surface area contributed by atoms with Crippen molar-refractivity contribution in [3.63, 3.8) is 0 Å². The van der Waals surface area contributed by atoms with Crippen molar-refractivity contribution < 1.29 is 13.9 Å². The van der Waals surface area contributed by atoms with Crippen LogP contribution in [0.3, 0.4) is 0 Å². The van der Waals surface area contributed by atoms with Gasteiger partial charge in [-0.3, -0.25) is 9.69 Å². The van der Waals surface area contributed by atoms with Crippen LogP contribution in [0.1, 0.15) is 17.5 Å². The van der Waals surface area contributed by atoms with Crippen molar-refractivity contribution in [3.8, 4) is 17.2 Å². The summed E-state index contributed by atoms with van der Waals surface area (Å²) in [6, 6.07) is 15.4. The summed E-state index contributed by atoms with van der Waals surface area (Å²) >= 11 is 0. The van der Waals surface area contributed by atoms with Gasteiger partial charge in [0.1, 0.15) is 5.82 Å². The molecule has 2 aromatic rings. The highest BCUT2D eigenvalue weighted by Gasteiger charge is 2.46. The van der Waals surface area contributed by atoms with Gasteiger partial charge in [-0.1, -0.05) is 36.4 Å². The molecule has 2 aliphatic heterocycles. The Hall–Kier alpha value is -2.83. The van der Waals surface area contributed by atoms with E-state index < -0.39 is 23.2 Å². The van der Waals surface area contributed by atoms with Gasteiger partial charge in [0.05, 0.1) is 12.0 Å². The second-order valence-corrected chi connectivity index (χ2v) is 9.60. The van der Waals surface area contributed by atoms with Crippen LogP contribution in [0, 0.1) is 23.1 Å². The third kappa shape index (κ3) is 5.88. The lowest BCUT2D eigenvalue weighted by Crippen LogP contribution is -2.57. The van der Waals surface area contributed by atoms with Gasteiger partial charge in [0.2, 0.25) is 0 Å². The number of piperazine rings is 1. The van der Waals surface area contributed by atoms with Crippen LogP contribution in [-0.4, -0.2) is 74.2 Å². The molecule has 186 valence electrons. The molecule has 35 heavy (non-hydrogen) atoms. The number of nitrogens with zero attached hydrogens (tertiary/aromatic N) is 3. The number of nitriles is 1. The summed E-state index contributed by atoms with van der Waals surface area (Å²) in [5, 5.41) is 13.0. The lowest BCUT2D eigenvalue weighted by Gasteiger charge is -2.33. The predicted molar refractivity (Wildman–Crippen MR) is 133 cm³/mol. The molecule has 0 spiro atoms. The van der Waals surface area contributed by atoms with E-state index >= 15 is 4.39 Å². The summed E-state index contributed by atoms with van der Waals surface area (Å²) < 4.78 is 20.9. The second kappa shape index (κ2) is 11.3. The minimum absolute atomic E-state index is 0.0389. The first-order valence-corrected chi connectivity index (χ1v) is 12.2. The van der Waals surface area contributed by atoms with Crippen molar-refractivity contribution in [1.29, 1.82) is 5.26 Å². The van der Waals surface area contributed by atoms with Gasteiger partial charge >= 0.3 is 0 Å². The number of likely N-dealkylation sites (N-methyl/N-ethyl adjacent to an activating group) is 1. The van der Waals surface area contributed by atoms with Crippen molar-refractivity contribution in [2.45, 2.75) is 25.0 Å². The van der Waals surface area contributed by atoms with Crippen molar-refractivity contribution in [3.05, 3.63) is 59.4 Å². The van der Waals surface area contributed by atoms with Crippen LogP contribution in [0.25, 0.3) is 11.1 Å². The van der Waals surface area contributed by atoms with Gasteiger partial charge in [0.25, 0.3) is 5.91 Å². The molecule has 2 heterocycles. The molecule has 1 amide bonds. The van der Waals surface area contributed by atoms with Crippen molar-refractivity contribution in [1.82, 2.24) is 15.1 Å². The number of primary amides is 1. The van der Waals surface area contributed by atoms with Gasteiger partial charge in [-0.05, 0) is 54.8 Å². The molecular formula is C27H34FN5O2. The SMILES string of the molecule is CN1CCN(Cc2ccc(-c3ccc(C[C@@H](C#N)C4(C(N)=O)CNCCCO4)c(F)c3)cc2)CC1. The first-order valence-electron chi connectivity index (χ1n) is 12.2. The number of benzene rings is 2. The van der Waals surface area contributed by atoms with E-state index in [4.69, 9.17) is 10.5 Å². The average Bonchev–Trinajstić information content (AvgIpc) is 3.12. The Kier molecular flexibility index (Phi) is 8.14. The van der Waals surface area contributed by atoms with Gasteiger partial charge in [0, 0.05) is 45.9 Å². The number of hydrogen-bond acceptors (Lipinski definition) is 6. The van der Waals surface area contributed by atoms with Gasteiger partial charge in [-0.15, -0.1) is 0 Å². The third-order valence-corrected chi connectivity index (χ3v) is 7.15. The molecule has 2 aliphatic rings. The lowest BCUT2D eigenvalue weighted by molar-refractivity contribution is -0.147. The number of rotatable bonds is 7. The normalized spacial score (nSPS) is 22.8. The van der Waals surface area contributed by atoms with E-state index in [1.54, 1.807) is 6.07 Å². The zero-order valence-electron chi connectivity index (χ0n) is 20.3. The Morgan fingerprint density at radius 1 is 1.20 bits per heavy atom. The zero-order chi connectivity index (χ0) is 24.8. The molecule has 2 atom stereocenters. The molecular weight excluding hydrogens is 445 g/mol. The highest BCUT2D eigenvalue weighted by atomic mass is 19.1. The highest BCUT2D eigenvalue weighted by molar-refractivity contribution is 5.85. The van der Waals surface area contributed by atoms with Crippen LogP contribution in [0.5, 0.6) is 0 Å². The molecule has 2 aromatic carbocycles. The van der Waals surface area contributed by atoms with E-state index in [0.29, 0.717) is 25.1 Å². The van der Waals surface area contributed by atoms with Crippen LogP contribution in [0.15, 0.2) is 42.5 Å². The van der Waals surface area contributed by atoms with E-state index in [2.05, 4.69) is 40.4 Å². The number of carbonyl (C=O) groups excluding carboxylic acids is 1. The Bertz CT molecular complexity index is 1050. The van der Waals surface area contributed by atoms with Crippen molar-refractivity contribution in [2.75, 3.05) is 52.9 Å².